The van der Waals surface area contributed by atoms with Gasteiger partial charge in [0.25, 0.3) is 5.91 Å². The molecule has 0 aliphatic carbocycles. The maximum absolute atomic E-state index is 12.7. The number of carbonyl (C=O) groups excluding carboxylic acids is 1. The summed E-state index contributed by atoms with van der Waals surface area (Å²) in [6.07, 6.45) is 3.46. The standard InChI is InChI=1S/C18H18N4O2/c1-24-13-6-4-12(5-7-13)14-9-22(10-16-17(14)21-11-20-16)18(23)15-3-2-8-19-15/h2-8,11,14,19H,9-10H2,1H3,(H,20,21). The van der Waals surface area contributed by atoms with Crippen molar-refractivity contribution in [3.8, 4) is 5.75 Å². The summed E-state index contributed by atoms with van der Waals surface area (Å²) in [6.45, 7) is 1.14. The first-order valence-electron chi connectivity index (χ1n) is 7.85. The Balaban J connectivity index is 1.67. The quantitative estimate of drug-likeness (QED) is 0.778. The summed E-state index contributed by atoms with van der Waals surface area (Å²) in [5, 5.41) is 0. The van der Waals surface area contributed by atoms with Crippen molar-refractivity contribution in [1.29, 1.82) is 0 Å². The van der Waals surface area contributed by atoms with Crippen molar-refractivity contribution in [2.24, 2.45) is 0 Å². The number of carbonyl (C=O) groups is 1. The molecule has 3 heterocycles. The molecule has 0 saturated carbocycles. The smallest absolute Gasteiger partial charge is 0.270 e. The van der Waals surface area contributed by atoms with Crippen LogP contribution < -0.4 is 4.74 Å². The summed E-state index contributed by atoms with van der Waals surface area (Å²) >= 11 is 0. The van der Waals surface area contributed by atoms with E-state index >= 15 is 0 Å². The van der Waals surface area contributed by atoms with Crippen molar-refractivity contribution in [1.82, 2.24) is 19.9 Å². The van der Waals surface area contributed by atoms with Gasteiger partial charge in [0.2, 0.25) is 0 Å². The largest absolute Gasteiger partial charge is 0.497 e. The molecule has 2 N–H and O–H groups in total. The van der Waals surface area contributed by atoms with Gasteiger partial charge in [-0.1, -0.05) is 12.1 Å². The van der Waals surface area contributed by atoms with Crippen LogP contribution in [0.4, 0.5) is 0 Å². The lowest BCUT2D eigenvalue weighted by Crippen LogP contribution is -2.38. The van der Waals surface area contributed by atoms with E-state index in [4.69, 9.17) is 4.74 Å². The monoisotopic (exact) mass is 322 g/mol. The zero-order valence-corrected chi connectivity index (χ0v) is 13.3. The summed E-state index contributed by atoms with van der Waals surface area (Å²) < 4.78 is 5.23. The van der Waals surface area contributed by atoms with Gasteiger partial charge in [-0.05, 0) is 29.8 Å². The fourth-order valence-corrected chi connectivity index (χ4v) is 3.21. The van der Waals surface area contributed by atoms with E-state index in [1.165, 1.54) is 0 Å². The molecule has 1 aromatic carbocycles. The second kappa shape index (κ2) is 5.88. The van der Waals surface area contributed by atoms with Crippen molar-refractivity contribution in [3.63, 3.8) is 0 Å². The Labute approximate surface area is 139 Å². The average molecular weight is 322 g/mol. The molecule has 0 saturated heterocycles. The molecular formula is C18H18N4O2. The molecule has 1 amide bonds. The summed E-state index contributed by atoms with van der Waals surface area (Å²) in [5.74, 6) is 0.861. The van der Waals surface area contributed by atoms with Gasteiger partial charge >= 0.3 is 0 Å². The molecule has 1 atom stereocenters. The van der Waals surface area contributed by atoms with E-state index in [0.717, 1.165) is 22.7 Å². The van der Waals surface area contributed by atoms with E-state index in [2.05, 4.69) is 15.0 Å². The van der Waals surface area contributed by atoms with Gasteiger partial charge in [0.15, 0.2) is 0 Å². The number of ether oxygens (including phenoxy) is 1. The second-order valence-electron chi connectivity index (χ2n) is 5.86. The van der Waals surface area contributed by atoms with Crippen molar-refractivity contribution in [2.45, 2.75) is 12.5 Å². The number of nitrogens with one attached hydrogen (secondary N) is 2. The highest BCUT2D eigenvalue weighted by molar-refractivity contribution is 5.92. The molecule has 3 aromatic rings. The van der Waals surface area contributed by atoms with Gasteiger partial charge in [0.1, 0.15) is 11.4 Å². The van der Waals surface area contributed by atoms with Crippen molar-refractivity contribution in [3.05, 3.63) is 71.6 Å². The molecule has 6 nitrogen and oxygen atoms in total. The molecule has 122 valence electrons. The second-order valence-corrected chi connectivity index (χ2v) is 5.86. The number of hydrogen-bond donors (Lipinski definition) is 2. The van der Waals surface area contributed by atoms with Gasteiger partial charge in [-0.15, -0.1) is 0 Å². The lowest BCUT2D eigenvalue weighted by molar-refractivity contribution is 0.0716. The molecule has 0 fully saturated rings. The fraction of sp³-hybridized carbons (Fsp3) is 0.222. The lowest BCUT2D eigenvalue weighted by Gasteiger charge is -2.32. The van der Waals surface area contributed by atoms with E-state index in [1.54, 1.807) is 25.7 Å². The van der Waals surface area contributed by atoms with Gasteiger partial charge in [0, 0.05) is 18.7 Å². The summed E-state index contributed by atoms with van der Waals surface area (Å²) in [4.78, 5) is 25.2. The van der Waals surface area contributed by atoms with Crippen LogP contribution in [0.1, 0.15) is 33.4 Å². The minimum atomic E-state index is -0.00115. The van der Waals surface area contributed by atoms with Crippen LogP contribution in [-0.2, 0) is 6.54 Å². The SMILES string of the molecule is COc1ccc(C2CN(C(=O)c3ccc[nH]3)Cc3[nH]cnc32)cc1. The average Bonchev–Trinajstić information content (AvgIpc) is 3.31. The first-order valence-corrected chi connectivity index (χ1v) is 7.85. The maximum atomic E-state index is 12.7. The molecule has 1 unspecified atom stereocenters. The van der Waals surface area contributed by atoms with Crippen molar-refractivity contribution >= 4 is 5.91 Å². The Kier molecular flexibility index (Phi) is 3.57. The van der Waals surface area contributed by atoms with E-state index in [-0.39, 0.29) is 11.8 Å². The molecule has 2 aromatic heterocycles. The number of amides is 1. The number of imidazole rings is 1. The zero-order valence-electron chi connectivity index (χ0n) is 13.3. The van der Waals surface area contributed by atoms with E-state index in [9.17, 15) is 4.79 Å². The normalized spacial score (nSPS) is 16.7. The van der Waals surface area contributed by atoms with Crippen LogP contribution in [0.25, 0.3) is 0 Å². The minimum Gasteiger partial charge on any atom is -0.497 e. The highest BCUT2D eigenvalue weighted by atomic mass is 16.5. The fourth-order valence-electron chi connectivity index (χ4n) is 3.21. The topological polar surface area (TPSA) is 74.0 Å². The van der Waals surface area contributed by atoms with Gasteiger partial charge in [0.05, 0.1) is 31.4 Å². The van der Waals surface area contributed by atoms with Gasteiger partial charge in [-0.2, -0.15) is 0 Å². The lowest BCUT2D eigenvalue weighted by atomic mass is 9.90. The molecule has 1 aliphatic rings. The number of nitrogens with zero attached hydrogens (tertiary/aromatic N) is 2. The Hall–Kier alpha value is -3.02. The van der Waals surface area contributed by atoms with Crippen molar-refractivity contribution < 1.29 is 9.53 Å². The zero-order chi connectivity index (χ0) is 16.5. The van der Waals surface area contributed by atoms with Crippen LogP contribution in [0.15, 0.2) is 48.9 Å². The highest BCUT2D eigenvalue weighted by Gasteiger charge is 2.32. The van der Waals surface area contributed by atoms with Gasteiger partial charge < -0.3 is 19.6 Å². The Morgan fingerprint density at radius 3 is 2.79 bits per heavy atom. The van der Waals surface area contributed by atoms with Crippen molar-refractivity contribution in [2.75, 3.05) is 13.7 Å². The molecular weight excluding hydrogens is 304 g/mol. The summed E-state index contributed by atoms with van der Waals surface area (Å²) in [6, 6.07) is 11.6. The Bertz CT molecular complexity index is 836. The molecule has 1 aliphatic heterocycles. The Morgan fingerprint density at radius 1 is 1.25 bits per heavy atom. The van der Waals surface area contributed by atoms with Crippen LogP contribution in [0.5, 0.6) is 5.75 Å². The molecule has 0 radical (unpaired) electrons. The minimum absolute atomic E-state index is 0.00115. The highest BCUT2D eigenvalue weighted by Crippen LogP contribution is 2.32. The number of methoxy groups -OCH3 is 1. The molecule has 6 heteroatoms. The third-order valence-corrected chi connectivity index (χ3v) is 4.47. The Morgan fingerprint density at radius 2 is 2.08 bits per heavy atom. The van der Waals surface area contributed by atoms with E-state index in [0.29, 0.717) is 18.8 Å². The predicted molar refractivity (Wildman–Crippen MR) is 89.0 cm³/mol. The van der Waals surface area contributed by atoms with E-state index in [1.807, 2.05) is 35.2 Å². The summed E-state index contributed by atoms with van der Waals surface area (Å²) in [7, 11) is 1.65. The van der Waals surface area contributed by atoms with Gasteiger partial charge in [-0.25, -0.2) is 4.98 Å². The number of aromatic nitrogens is 3. The van der Waals surface area contributed by atoms with Crippen LogP contribution in [0.2, 0.25) is 0 Å². The van der Waals surface area contributed by atoms with Gasteiger partial charge in [-0.3, -0.25) is 4.79 Å². The molecule has 4 rings (SSSR count). The molecule has 0 spiro atoms. The molecule has 0 bridgehead atoms. The van der Waals surface area contributed by atoms with Crippen LogP contribution >= 0.6 is 0 Å². The summed E-state index contributed by atoms with van der Waals surface area (Å²) in [5.41, 5.74) is 3.72. The number of aromatic amines is 2. The number of rotatable bonds is 3. The predicted octanol–water partition coefficient (Wildman–Crippen LogP) is 2.53. The number of fused-ring (bicyclic) bond motifs is 1. The maximum Gasteiger partial charge on any atom is 0.270 e. The number of benzene rings is 1. The number of hydrogen-bond acceptors (Lipinski definition) is 3. The van der Waals surface area contributed by atoms with Crippen LogP contribution in [0.3, 0.4) is 0 Å². The number of H-pyrrole nitrogens is 2. The molecule has 24 heavy (non-hydrogen) atoms. The van der Waals surface area contributed by atoms with E-state index < -0.39 is 0 Å². The third kappa shape index (κ3) is 2.46. The third-order valence-electron chi connectivity index (χ3n) is 4.47. The first kappa shape index (κ1) is 14.6. The first-order chi connectivity index (χ1) is 11.8. The van der Waals surface area contributed by atoms with Crippen LogP contribution in [-0.4, -0.2) is 39.4 Å². The van der Waals surface area contributed by atoms with Crippen LogP contribution in [0, 0.1) is 0 Å².